The van der Waals surface area contributed by atoms with Gasteiger partial charge in [-0.2, -0.15) is 0 Å². The lowest BCUT2D eigenvalue weighted by atomic mass is 10.3. The number of para-hydroxylation sites is 1. The fraction of sp³-hybridized carbons (Fsp3) is 0. The lowest BCUT2D eigenvalue weighted by molar-refractivity contribution is 0.449. The smallest absolute Gasteiger partial charge is 0.264 e. The Morgan fingerprint density at radius 1 is 1.11 bits per heavy atom. The number of hydrogen-bond donors (Lipinski definition) is 4. The van der Waals surface area contributed by atoms with Crippen LogP contribution >= 0.6 is 28.1 Å². The summed E-state index contributed by atoms with van der Waals surface area (Å²) in [5.41, 5.74) is 0.115. The van der Waals surface area contributed by atoms with Crippen LogP contribution in [0, 0.1) is 4.77 Å². The highest BCUT2D eigenvalue weighted by Crippen LogP contribution is 2.25. The van der Waals surface area contributed by atoms with Crippen molar-refractivity contribution in [3.63, 3.8) is 0 Å². The summed E-state index contributed by atoms with van der Waals surface area (Å²) in [4.78, 5) is 20.6. The highest BCUT2D eigenvalue weighted by atomic mass is 79.9. The van der Waals surface area contributed by atoms with Crippen molar-refractivity contribution in [3.8, 4) is 5.88 Å². The summed E-state index contributed by atoms with van der Waals surface area (Å²) in [6, 6.07) is 12.6. The lowest BCUT2D eigenvalue weighted by Crippen LogP contribution is -2.13. The normalized spacial score (nSPS) is 11.6. The number of hydrogen-bond acceptors (Lipinski definition) is 6. The minimum atomic E-state index is -3.78. The molecule has 0 atom stereocenters. The Kier molecular flexibility index (Phi) is 5.77. The summed E-state index contributed by atoms with van der Waals surface area (Å²) < 4.78 is 28.1. The van der Waals surface area contributed by atoms with Crippen LogP contribution in [-0.4, -0.2) is 29.7 Å². The van der Waals surface area contributed by atoms with E-state index in [0.29, 0.717) is 15.8 Å². The maximum atomic E-state index is 12.5. The van der Waals surface area contributed by atoms with Crippen molar-refractivity contribution in [1.29, 1.82) is 0 Å². The Hall–Kier alpha value is -2.76. The highest BCUT2D eigenvalue weighted by molar-refractivity contribution is 9.10. The molecule has 0 aliphatic carbocycles. The van der Waals surface area contributed by atoms with E-state index in [1.807, 2.05) is 0 Å². The second kappa shape index (κ2) is 8.09. The Bertz CT molecular complexity index is 1270. The summed E-state index contributed by atoms with van der Waals surface area (Å²) in [5.74, 6) is -0.408. The van der Waals surface area contributed by atoms with Gasteiger partial charge in [0.15, 0.2) is 4.77 Å². The van der Waals surface area contributed by atoms with Gasteiger partial charge in [-0.15, -0.1) is 0 Å². The highest BCUT2D eigenvalue weighted by Gasteiger charge is 2.15. The van der Waals surface area contributed by atoms with E-state index in [-0.39, 0.29) is 15.2 Å². The fourth-order valence-electron chi connectivity index (χ4n) is 2.20. The average molecular weight is 481 g/mol. The molecular formula is C17H13BrN4O4S2. The standard InChI is InChI=1S/C17H13BrN4O4S2/c18-13-3-1-2-4-14(13)22-28(25,26)11-7-5-10(6-8-11)19-9-12-15(23)20-17(27)21-16(12)24/h1-9,22H,(H3,20,21,23,24,27). The molecule has 1 heterocycles. The van der Waals surface area contributed by atoms with Gasteiger partial charge < -0.3 is 10.1 Å². The maximum Gasteiger partial charge on any atom is 0.264 e. The first-order valence-corrected chi connectivity index (χ1v) is 10.4. The van der Waals surface area contributed by atoms with Gasteiger partial charge in [-0.3, -0.25) is 19.5 Å². The second-order valence-corrected chi connectivity index (χ2v) is 8.45. The number of H-pyrrole nitrogens is 2. The van der Waals surface area contributed by atoms with Gasteiger partial charge in [-0.25, -0.2) is 8.42 Å². The number of aromatic nitrogens is 2. The van der Waals surface area contributed by atoms with Crippen molar-refractivity contribution < 1.29 is 13.5 Å². The molecule has 28 heavy (non-hydrogen) atoms. The van der Waals surface area contributed by atoms with Gasteiger partial charge in [-0.1, -0.05) is 12.1 Å². The second-order valence-electron chi connectivity index (χ2n) is 5.51. The van der Waals surface area contributed by atoms with E-state index in [1.54, 1.807) is 24.3 Å². The number of anilines is 1. The SMILES string of the molecule is O=c1[nH]c(=S)[nH]c(O)c1C=Nc1ccc(S(=O)(=O)Nc2ccccc2Br)cc1. The molecule has 0 aliphatic heterocycles. The van der Waals surface area contributed by atoms with Crippen LogP contribution in [0.2, 0.25) is 0 Å². The van der Waals surface area contributed by atoms with Crippen LogP contribution in [-0.2, 0) is 10.0 Å². The van der Waals surface area contributed by atoms with Crippen LogP contribution < -0.4 is 10.3 Å². The van der Waals surface area contributed by atoms with Crippen LogP contribution in [0.4, 0.5) is 11.4 Å². The maximum absolute atomic E-state index is 12.5. The number of aromatic hydroxyl groups is 1. The number of rotatable bonds is 5. The molecule has 3 aromatic rings. The molecule has 0 aliphatic rings. The first-order chi connectivity index (χ1) is 13.3. The van der Waals surface area contributed by atoms with E-state index in [9.17, 15) is 18.3 Å². The molecule has 0 unspecified atom stereocenters. The zero-order valence-corrected chi connectivity index (χ0v) is 17.2. The third-order valence-corrected chi connectivity index (χ3v) is 5.84. The van der Waals surface area contributed by atoms with Gasteiger partial charge in [0.1, 0.15) is 5.56 Å². The van der Waals surface area contributed by atoms with E-state index in [1.165, 1.54) is 24.3 Å². The first kappa shape index (κ1) is 20.0. The summed E-state index contributed by atoms with van der Waals surface area (Å²) in [7, 11) is -3.78. The Morgan fingerprint density at radius 2 is 1.79 bits per heavy atom. The van der Waals surface area contributed by atoms with E-state index in [0.717, 1.165) is 6.21 Å². The van der Waals surface area contributed by atoms with E-state index in [4.69, 9.17) is 12.2 Å². The zero-order chi connectivity index (χ0) is 20.3. The zero-order valence-electron chi connectivity index (χ0n) is 14.0. The van der Waals surface area contributed by atoms with Gasteiger partial charge in [-0.05, 0) is 64.5 Å². The van der Waals surface area contributed by atoms with Crippen LogP contribution in [0.1, 0.15) is 5.56 Å². The van der Waals surface area contributed by atoms with Gasteiger partial charge in [0.25, 0.3) is 15.6 Å². The average Bonchev–Trinajstić information content (AvgIpc) is 2.63. The molecule has 3 rings (SSSR count). The van der Waals surface area contributed by atoms with Gasteiger partial charge >= 0.3 is 0 Å². The number of aliphatic imine (C=N–C) groups is 1. The molecule has 0 radical (unpaired) electrons. The van der Waals surface area contributed by atoms with Crippen LogP contribution in [0.3, 0.4) is 0 Å². The van der Waals surface area contributed by atoms with Crippen molar-refractivity contribution in [2.45, 2.75) is 4.90 Å². The minimum absolute atomic E-state index is 0.00763. The molecule has 0 spiro atoms. The number of halogens is 1. The molecule has 0 fully saturated rings. The molecule has 4 N–H and O–H groups in total. The Morgan fingerprint density at radius 3 is 2.43 bits per heavy atom. The largest absolute Gasteiger partial charge is 0.494 e. The Balaban J connectivity index is 1.83. The summed E-state index contributed by atoms with van der Waals surface area (Å²) >= 11 is 8.04. The number of nitrogens with one attached hydrogen (secondary N) is 3. The van der Waals surface area contributed by atoms with Crippen LogP contribution in [0.5, 0.6) is 5.88 Å². The monoisotopic (exact) mass is 480 g/mol. The molecule has 0 saturated heterocycles. The van der Waals surface area contributed by atoms with E-state index >= 15 is 0 Å². The van der Waals surface area contributed by atoms with Crippen molar-refractivity contribution in [2.75, 3.05) is 4.72 Å². The van der Waals surface area contributed by atoms with Crippen molar-refractivity contribution >= 4 is 55.8 Å². The molecule has 0 saturated carbocycles. The lowest BCUT2D eigenvalue weighted by Gasteiger charge is -2.09. The summed E-state index contributed by atoms with van der Waals surface area (Å²) in [5, 5.41) is 9.74. The third-order valence-electron chi connectivity index (χ3n) is 3.57. The van der Waals surface area contributed by atoms with Gasteiger partial charge in [0.2, 0.25) is 5.88 Å². The van der Waals surface area contributed by atoms with Gasteiger partial charge in [0.05, 0.1) is 16.3 Å². The van der Waals surface area contributed by atoms with Crippen molar-refractivity contribution in [1.82, 2.24) is 9.97 Å². The number of sulfonamides is 1. The molecule has 1 aromatic heterocycles. The Labute approximate surface area is 173 Å². The van der Waals surface area contributed by atoms with Crippen molar-refractivity contribution in [3.05, 3.63) is 73.7 Å². The predicted octanol–water partition coefficient (Wildman–Crippen LogP) is 3.45. The van der Waals surface area contributed by atoms with E-state index in [2.05, 4.69) is 35.6 Å². The first-order valence-electron chi connectivity index (χ1n) is 7.73. The third kappa shape index (κ3) is 4.55. The van der Waals surface area contributed by atoms with Crippen LogP contribution in [0.15, 0.2) is 67.7 Å². The molecule has 8 nitrogen and oxygen atoms in total. The molecule has 0 amide bonds. The van der Waals surface area contributed by atoms with E-state index < -0.39 is 21.5 Å². The predicted molar refractivity (Wildman–Crippen MR) is 113 cm³/mol. The summed E-state index contributed by atoms with van der Waals surface area (Å²) in [6.45, 7) is 0. The number of aromatic amines is 2. The molecule has 144 valence electrons. The van der Waals surface area contributed by atoms with Crippen LogP contribution in [0.25, 0.3) is 0 Å². The fourth-order valence-corrected chi connectivity index (χ4v) is 3.99. The van der Waals surface area contributed by atoms with Crippen molar-refractivity contribution in [2.24, 2.45) is 4.99 Å². The summed E-state index contributed by atoms with van der Waals surface area (Å²) in [6.07, 6.45) is 1.16. The molecule has 0 bridgehead atoms. The molecule has 2 aromatic carbocycles. The topological polar surface area (TPSA) is 127 Å². The quantitative estimate of drug-likeness (QED) is 0.328. The van der Waals surface area contributed by atoms with Gasteiger partial charge in [0, 0.05) is 10.7 Å². The number of nitrogens with zero attached hydrogens (tertiary/aromatic N) is 1. The molecular weight excluding hydrogens is 468 g/mol. The minimum Gasteiger partial charge on any atom is -0.494 e. The molecule has 11 heteroatoms. The number of benzene rings is 2.